The van der Waals surface area contributed by atoms with Crippen LogP contribution in [0.4, 0.5) is 0 Å². The van der Waals surface area contributed by atoms with Gasteiger partial charge in [-0.25, -0.2) is 13.1 Å². The van der Waals surface area contributed by atoms with Gasteiger partial charge in [-0.05, 0) is 25.2 Å². The molecule has 1 aromatic rings. The van der Waals surface area contributed by atoms with Crippen LogP contribution in [0.15, 0.2) is 22.7 Å². The maximum Gasteiger partial charge on any atom is 0.212 e. The second kappa shape index (κ2) is 6.21. The monoisotopic (exact) mass is 348 g/mol. The minimum Gasteiger partial charge on any atom is -0.493 e. The number of hydrogen-bond acceptors (Lipinski definition) is 4. The molecular formula is C12H17BrN2O3S. The minimum absolute atomic E-state index is 0.0736. The molecule has 0 bridgehead atoms. The number of nitrogens with one attached hydrogen (secondary N) is 2. The van der Waals surface area contributed by atoms with Crippen LogP contribution in [0.2, 0.25) is 0 Å². The molecule has 0 saturated heterocycles. The second-order valence-electron chi connectivity index (χ2n) is 4.35. The third kappa shape index (κ3) is 3.92. The molecule has 2 N–H and O–H groups in total. The van der Waals surface area contributed by atoms with Gasteiger partial charge in [0.25, 0.3) is 0 Å². The van der Waals surface area contributed by atoms with Crippen LogP contribution in [-0.2, 0) is 10.0 Å². The van der Waals surface area contributed by atoms with Gasteiger partial charge in [0.2, 0.25) is 10.0 Å². The van der Waals surface area contributed by atoms with Crippen LogP contribution in [0.25, 0.3) is 0 Å². The Morgan fingerprint density at radius 3 is 3.00 bits per heavy atom. The largest absolute Gasteiger partial charge is 0.493 e. The minimum atomic E-state index is -3.16. The molecular weight excluding hydrogens is 332 g/mol. The van der Waals surface area contributed by atoms with Crippen molar-refractivity contribution in [3.8, 4) is 5.75 Å². The van der Waals surface area contributed by atoms with Gasteiger partial charge in [0.15, 0.2) is 0 Å². The lowest BCUT2D eigenvalue weighted by atomic mass is 10.0. The Bertz CT molecular complexity index is 548. The Hall–Kier alpha value is -0.630. The zero-order valence-corrected chi connectivity index (χ0v) is 13.1. The van der Waals surface area contributed by atoms with Crippen LogP contribution in [0.5, 0.6) is 5.75 Å². The molecule has 0 aromatic heterocycles. The zero-order valence-electron chi connectivity index (χ0n) is 10.6. The number of halogens is 1. The first kappa shape index (κ1) is 14.8. The van der Waals surface area contributed by atoms with Crippen molar-refractivity contribution in [1.82, 2.24) is 10.0 Å². The van der Waals surface area contributed by atoms with E-state index in [1.165, 1.54) is 7.05 Å². The molecule has 0 saturated carbocycles. The lowest BCUT2D eigenvalue weighted by molar-refractivity contribution is 0.254. The van der Waals surface area contributed by atoms with E-state index in [1.54, 1.807) is 0 Å². The van der Waals surface area contributed by atoms with Crippen LogP contribution in [0.3, 0.4) is 0 Å². The van der Waals surface area contributed by atoms with Crippen molar-refractivity contribution in [3.63, 3.8) is 0 Å². The molecule has 2 rings (SSSR count). The first-order valence-electron chi connectivity index (χ1n) is 6.09. The van der Waals surface area contributed by atoms with Crippen LogP contribution >= 0.6 is 15.9 Å². The van der Waals surface area contributed by atoms with E-state index in [1.807, 2.05) is 18.2 Å². The molecule has 1 atom stereocenters. The average molecular weight is 349 g/mol. The summed E-state index contributed by atoms with van der Waals surface area (Å²) in [6.45, 7) is 1.06. The van der Waals surface area contributed by atoms with E-state index in [2.05, 4.69) is 26.0 Å². The average Bonchev–Trinajstić information content (AvgIpc) is 2.39. The number of benzene rings is 1. The molecule has 5 nitrogen and oxygen atoms in total. The molecule has 7 heteroatoms. The summed E-state index contributed by atoms with van der Waals surface area (Å²) in [5, 5.41) is 3.28. The standard InChI is InChI=1S/C12H17BrN2O3S/c1-14-19(16,17)7-5-15-11-4-6-18-12-3-2-9(13)8-10(11)12/h2-3,8,11,14-15H,4-7H2,1H3/t11-/m1/s1. The summed E-state index contributed by atoms with van der Waals surface area (Å²) < 4.78 is 31.6. The quantitative estimate of drug-likeness (QED) is 0.844. The van der Waals surface area contributed by atoms with Gasteiger partial charge in [0.1, 0.15) is 5.75 Å². The van der Waals surface area contributed by atoms with E-state index in [-0.39, 0.29) is 11.8 Å². The van der Waals surface area contributed by atoms with E-state index in [0.29, 0.717) is 13.2 Å². The molecule has 1 aromatic carbocycles. The summed E-state index contributed by atoms with van der Waals surface area (Å²) in [6.07, 6.45) is 0.836. The van der Waals surface area contributed by atoms with Gasteiger partial charge in [-0.1, -0.05) is 15.9 Å². The SMILES string of the molecule is CNS(=O)(=O)CCN[C@@H]1CCOc2ccc(Br)cc21. The summed E-state index contributed by atoms with van der Waals surface area (Å²) in [4.78, 5) is 0. The smallest absolute Gasteiger partial charge is 0.212 e. The molecule has 0 radical (unpaired) electrons. The van der Waals surface area contributed by atoms with E-state index in [0.717, 1.165) is 22.2 Å². The Kier molecular flexibility index (Phi) is 4.83. The van der Waals surface area contributed by atoms with Crippen molar-refractivity contribution >= 4 is 26.0 Å². The van der Waals surface area contributed by atoms with E-state index < -0.39 is 10.0 Å². The number of fused-ring (bicyclic) bond motifs is 1. The number of ether oxygens (including phenoxy) is 1. The lowest BCUT2D eigenvalue weighted by Gasteiger charge is -2.27. The summed E-state index contributed by atoms with van der Waals surface area (Å²) in [5.74, 6) is 0.938. The van der Waals surface area contributed by atoms with E-state index in [9.17, 15) is 8.42 Å². The summed E-state index contributed by atoms with van der Waals surface area (Å²) >= 11 is 3.44. The summed E-state index contributed by atoms with van der Waals surface area (Å²) in [5.41, 5.74) is 1.07. The van der Waals surface area contributed by atoms with Crippen molar-refractivity contribution in [2.75, 3.05) is 26.0 Å². The molecule has 0 amide bonds. The molecule has 0 aliphatic carbocycles. The Morgan fingerprint density at radius 1 is 1.47 bits per heavy atom. The topological polar surface area (TPSA) is 67.4 Å². The highest BCUT2D eigenvalue weighted by Crippen LogP contribution is 2.33. The molecule has 106 valence electrons. The van der Waals surface area contributed by atoms with Gasteiger partial charge < -0.3 is 10.1 Å². The molecule has 0 unspecified atom stereocenters. The molecule has 0 spiro atoms. The van der Waals surface area contributed by atoms with Gasteiger partial charge >= 0.3 is 0 Å². The number of sulfonamides is 1. The predicted molar refractivity (Wildman–Crippen MR) is 77.8 cm³/mol. The Morgan fingerprint density at radius 2 is 2.26 bits per heavy atom. The van der Waals surface area contributed by atoms with Crippen LogP contribution in [0, 0.1) is 0 Å². The van der Waals surface area contributed by atoms with Gasteiger partial charge in [0, 0.05) is 29.0 Å². The summed E-state index contributed by atoms with van der Waals surface area (Å²) in [6, 6.07) is 6.01. The van der Waals surface area contributed by atoms with Gasteiger partial charge in [-0.2, -0.15) is 0 Å². The van der Waals surface area contributed by atoms with Gasteiger partial charge in [-0.3, -0.25) is 0 Å². The van der Waals surface area contributed by atoms with Crippen LogP contribution in [-0.4, -0.2) is 34.4 Å². The fraction of sp³-hybridized carbons (Fsp3) is 0.500. The normalized spacial score (nSPS) is 18.7. The molecule has 1 aliphatic rings. The highest BCUT2D eigenvalue weighted by molar-refractivity contribution is 9.10. The third-order valence-electron chi connectivity index (χ3n) is 3.08. The van der Waals surface area contributed by atoms with Gasteiger partial charge in [0.05, 0.1) is 12.4 Å². The third-order valence-corrected chi connectivity index (χ3v) is 4.94. The Balaban J connectivity index is 2.02. The maximum atomic E-state index is 11.4. The molecule has 19 heavy (non-hydrogen) atoms. The van der Waals surface area contributed by atoms with Crippen molar-refractivity contribution < 1.29 is 13.2 Å². The van der Waals surface area contributed by atoms with E-state index >= 15 is 0 Å². The summed E-state index contributed by atoms with van der Waals surface area (Å²) in [7, 11) is -1.73. The van der Waals surface area contributed by atoms with Crippen molar-refractivity contribution in [1.29, 1.82) is 0 Å². The maximum absolute atomic E-state index is 11.4. The highest BCUT2D eigenvalue weighted by Gasteiger charge is 2.21. The van der Waals surface area contributed by atoms with Crippen molar-refractivity contribution in [2.45, 2.75) is 12.5 Å². The molecule has 1 aliphatic heterocycles. The highest BCUT2D eigenvalue weighted by atomic mass is 79.9. The lowest BCUT2D eigenvalue weighted by Crippen LogP contribution is -2.33. The van der Waals surface area contributed by atoms with Gasteiger partial charge in [-0.15, -0.1) is 0 Å². The van der Waals surface area contributed by atoms with E-state index in [4.69, 9.17) is 4.74 Å². The van der Waals surface area contributed by atoms with Crippen molar-refractivity contribution in [3.05, 3.63) is 28.2 Å². The Labute approximate surface area is 121 Å². The second-order valence-corrected chi connectivity index (χ2v) is 7.31. The number of rotatable bonds is 5. The number of hydrogen-bond donors (Lipinski definition) is 2. The first-order valence-corrected chi connectivity index (χ1v) is 8.53. The van der Waals surface area contributed by atoms with Crippen molar-refractivity contribution in [2.24, 2.45) is 0 Å². The predicted octanol–water partition coefficient (Wildman–Crippen LogP) is 1.41. The van der Waals surface area contributed by atoms with Crippen LogP contribution < -0.4 is 14.8 Å². The fourth-order valence-electron chi connectivity index (χ4n) is 2.05. The molecule has 1 heterocycles. The first-order chi connectivity index (χ1) is 9.02. The zero-order chi connectivity index (χ0) is 13.9. The fourth-order valence-corrected chi connectivity index (χ4v) is 3.02. The molecule has 0 fully saturated rings. The van der Waals surface area contributed by atoms with Crippen LogP contribution in [0.1, 0.15) is 18.0 Å².